The van der Waals surface area contributed by atoms with E-state index in [1.165, 1.54) is 44.9 Å². The Labute approximate surface area is 119 Å². The number of nitrogens with one attached hydrogen (secondary N) is 1. The maximum Gasteiger partial charge on any atom is 0.0664 e. The maximum atomic E-state index is 9.77. The van der Waals surface area contributed by atoms with Gasteiger partial charge in [0, 0.05) is 13.2 Å². The summed E-state index contributed by atoms with van der Waals surface area (Å²) in [7, 11) is 0. The van der Waals surface area contributed by atoms with E-state index in [9.17, 15) is 5.11 Å². The molecule has 116 valence electrons. The Kier molecular flexibility index (Phi) is 15.8. The Balaban J connectivity index is 3.09. The quantitative estimate of drug-likeness (QED) is 0.401. The van der Waals surface area contributed by atoms with Crippen molar-refractivity contribution in [3.63, 3.8) is 0 Å². The van der Waals surface area contributed by atoms with Gasteiger partial charge in [0.25, 0.3) is 0 Å². The molecular weight excluding hydrogens is 238 g/mol. The first-order valence-corrected chi connectivity index (χ1v) is 8.31. The molecule has 1 atom stereocenters. The van der Waals surface area contributed by atoms with E-state index >= 15 is 0 Å². The zero-order chi connectivity index (χ0) is 14.2. The molecule has 0 heterocycles. The van der Waals surface area contributed by atoms with Crippen LogP contribution in [0.4, 0.5) is 0 Å². The van der Waals surface area contributed by atoms with Gasteiger partial charge in [0.15, 0.2) is 0 Å². The molecule has 0 aliphatic heterocycles. The molecule has 0 aromatic rings. The predicted octanol–water partition coefficient (Wildman–Crippen LogP) is 3.24. The van der Waals surface area contributed by atoms with Crippen molar-refractivity contribution in [1.82, 2.24) is 5.32 Å². The van der Waals surface area contributed by atoms with Gasteiger partial charge in [0.1, 0.15) is 0 Å². The van der Waals surface area contributed by atoms with Crippen LogP contribution in [0.25, 0.3) is 0 Å². The van der Waals surface area contributed by atoms with Gasteiger partial charge in [-0.25, -0.2) is 0 Å². The van der Waals surface area contributed by atoms with Crippen molar-refractivity contribution in [3.8, 4) is 0 Å². The highest BCUT2D eigenvalue weighted by atomic mass is 16.3. The van der Waals surface area contributed by atoms with Crippen LogP contribution in [0.5, 0.6) is 0 Å². The standard InChI is InChI=1S/C16H35NO2/c1-2-3-4-5-6-7-8-9-12-16(19)15-17-13-10-11-14-18/h16-19H,2-15H2,1H3. The number of aliphatic hydroxyl groups excluding tert-OH is 2. The van der Waals surface area contributed by atoms with Crippen molar-refractivity contribution in [2.45, 2.75) is 83.7 Å². The zero-order valence-corrected chi connectivity index (χ0v) is 12.9. The van der Waals surface area contributed by atoms with Crippen LogP contribution in [0.1, 0.15) is 77.6 Å². The SMILES string of the molecule is CCCCCCCCCCC(O)CNCCCCO. The first-order chi connectivity index (χ1) is 9.31. The minimum absolute atomic E-state index is 0.200. The molecule has 3 nitrogen and oxygen atoms in total. The first-order valence-electron chi connectivity index (χ1n) is 8.31. The van der Waals surface area contributed by atoms with Gasteiger partial charge in [-0.1, -0.05) is 58.3 Å². The second-order valence-corrected chi connectivity index (χ2v) is 5.55. The summed E-state index contributed by atoms with van der Waals surface area (Å²) in [6.45, 7) is 4.11. The summed E-state index contributed by atoms with van der Waals surface area (Å²) >= 11 is 0. The molecule has 19 heavy (non-hydrogen) atoms. The van der Waals surface area contributed by atoms with Crippen LogP contribution in [0, 0.1) is 0 Å². The molecule has 0 bridgehead atoms. The lowest BCUT2D eigenvalue weighted by molar-refractivity contribution is 0.157. The van der Waals surface area contributed by atoms with E-state index in [0.717, 1.165) is 32.2 Å². The van der Waals surface area contributed by atoms with Crippen molar-refractivity contribution in [3.05, 3.63) is 0 Å². The molecule has 0 spiro atoms. The van der Waals surface area contributed by atoms with Crippen LogP contribution in [0.3, 0.4) is 0 Å². The van der Waals surface area contributed by atoms with Crippen molar-refractivity contribution in [2.24, 2.45) is 0 Å². The van der Waals surface area contributed by atoms with Gasteiger partial charge >= 0.3 is 0 Å². The summed E-state index contributed by atoms with van der Waals surface area (Å²) in [5, 5.41) is 21.6. The van der Waals surface area contributed by atoms with Gasteiger partial charge in [-0.15, -0.1) is 0 Å². The average Bonchev–Trinajstić information content (AvgIpc) is 2.41. The molecule has 0 saturated carbocycles. The van der Waals surface area contributed by atoms with Crippen LogP contribution in [-0.4, -0.2) is 36.0 Å². The molecule has 0 amide bonds. The second-order valence-electron chi connectivity index (χ2n) is 5.55. The van der Waals surface area contributed by atoms with E-state index in [-0.39, 0.29) is 12.7 Å². The first kappa shape index (κ1) is 18.9. The third kappa shape index (κ3) is 15.8. The lowest BCUT2D eigenvalue weighted by atomic mass is 10.1. The normalized spacial score (nSPS) is 12.8. The molecule has 0 aliphatic rings. The Morgan fingerprint density at radius 3 is 2.11 bits per heavy atom. The van der Waals surface area contributed by atoms with Crippen molar-refractivity contribution < 1.29 is 10.2 Å². The van der Waals surface area contributed by atoms with Gasteiger partial charge in [-0.05, 0) is 25.8 Å². The Hall–Kier alpha value is -0.120. The lowest BCUT2D eigenvalue weighted by Crippen LogP contribution is -2.27. The highest BCUT2D eigenvalue weighted by Gasteiger charge is 2.02. The number of hydrogen-bond donors (Lipinski definition) is 3. The minimum atomic E-state index is -0.200. The van der Waals surface area contributed by atoms with Gasteiger partial charge in [0.2, 0.25) is 0 Å². The molecule has 3 heteroatoms. The van der Waals surface area contributed by atoms with E-state index in [2.05, 4.69) is 12.2 Å². The van der Waals surface area contributed by atoms with Crippen LogP contribution in [-0.2, 0) is 0 Å². The fraction of sp³-hybridized carbons (Fsp3) is 1.00. The van der Waals surface area contributed by atoms with Crippen LogP contribution in [0.2, 0.25) is 0 Å². The molecule has 1 unspecified atom stereocenters. The summed E-state index contributed by atoms with van der Waals surface area (Å²) in [6.07, 6.45) is 13.1. The molecule has 0 saturated heterocycles. The molecular formula is C16H35NO2. The summed E-state index contributed by atoms with van der Waals surface area (Å²) in [6, 6.07) is 0. The van der Waals surface area contributed by atoms with E-state index in [1.54, 1.807) is 0 Å². The minimum Gasteiger partial charge on any atom is -0.396 e. The van der Waals surface area contributed by atoms with E-state index < -0.39 is 0 Å². The van der Waals surface area contributed by atoms with Crippen LogP contribution < -0.4 is 5.32 Å². The molecule has 3 N–H and O–H groups in total. The van der Waals surface area contributed by atoms with Crippen molar-refractivity contribution in [1.29, 1.82) is 0 Å². The van der Waals surface area contributed by atoms with Crippen LogP contribution in [0.15, 0.2) is 0 Å². The lowest BCUT2D eigenvalue weighted by Gasteiger charge is -2.11. The third-order valence-electron chi connectivity index (χ3n) is 3.53. The number of hydrogen-bond acceptors (Lipinski definition) is 3. The zero-order valence-electron chi connectivity index (χ0n) is 12.9. The monoisotopic (exact) mass is 273 g/mol. The van der Waals surface area contributed by atoms with Gasteiger partial charge < -0.3 is 15.5 Å². The van der Waals surface area contributed by atoms with Gasteiger partial charge in [-0.2, -0.15) is 0 Å². The smallest absolute Gasteiger partial charge is 0.0664 e. The second kappa shape index (κ2) is 15.9. The van der Waals surface area contributed by atoms with Crippen LogP contribution >= 0.6 is 0 Å². The maximum absolute atomic E-state index is 9.77. The van der Waals surface area contributed by atoms with Crippen molar-refractivity contribution in [2.75, 3.05) is 19.7 Å². The summed E-state index contributed by atoms with van der Waals surface area (Å²) in [5.41, 5.74) is 0. The summed E-state index contributed by atoms with van der Waals surface area (Å²) in [4.78, 5) is 0. The van der Waals surface area contributed by atoms with Gasteiger partial charge in [-0.3, -0.25) is 0 Å². The molecule has 0 aliphatic carbocycles. The fourth-order valence-electron chi connectivity index (χ4n) is 2.25. The van der Waals surface area contributed by atoms with Crippen molar-refractivity contribution >= 4 is 0 Å². The predicted molar refractivity (Wildman–Crippen MR) is 82.4 cm³/mol. The van der Waals surface area contributed by atoms with E-state index in [4.69, 9.17) is 5.11 Å². The molecule has 0 radical (unpaired) electrons. The largest absolute Gasteiger partial charge is 0.396 e. The summed E-state index contributed by atoms with van der Waals surface area (Å²) in [5.74, 6) is 0. The number of rotatable bonds is 15. The molecule has 0 aromatic heterocycles. The highest BCUT2D eigenvalue weighted by Crippen LogP contribution is 2.10. The molecule has 0 rings (SSSR count). The number of unbranched alkanes of at least 4 members (excludes halogenated alkanes) is 8. The Morgan fingerprint density at radius 1 is 0.842 bits per heavy atom. The fourth-order valence-corrected chi connectivity index (χ4v) is 2.25. The third-order valence-corrected chi connectivity index (χ3v) is 3.53. The van der Waals surface area contributed by atoms with E-state index in [1.807, 2.05) is 0 Å². The van der Waals surface area contributed by atoms with E-state index in [0.29, 0.717) is 6.54 Å². The van der Waals surface area contributed by atoms with Gasteiger partial charge in [0.05, 0.1) is 6.10 Å². The average molecular weight is 273 g/mol. The Morgan fingerprint density at radius 2 is 1.47 bits per heavy atom. The Bertz CT molecular complexity index is 165. The topological polar surface area (TPSA) is 52.5 Å². The number of aliphatic hydroxyl groups is 2. The molecule has 0 aromatic carbocycles. The molecule has 0 fully saturated rings. The highest BCUT2D eigenvalue weighted by molar-refractivity contribution is 4.60. The summed E-state index contributed by atoms with van der Waals surface area (Å²) < 4.78 is 0.